The van der Waals surface area contributed by atoms with Crippen molar-refractivity contribution in [2.45, 2.75) is 45.1 Å². The zero-order valence-corrected chi connectivity index (χ0v) is 12.3. The summed E-state index contributed by atoms with van der Waals surface area (Å²) < 4.78 is 1.46. The lowest BCUT2D eigenvalue weighted by Crippen LogP contribution is -2.31. The number of aliphatic hydroxyl groups is 1. The molecule has 1 aliphatic rings. The zero-order valence-electron chi connectivity index (χ0n) is 12.3. The first-order valence-corrected chi connectivity index (χ1v) is 7.20. The molecule has 2 aromatic rings. The van der Waals surface area contributed by atoms with E-state index >= 15 is 0 Å². The molecule has 110 valence electrons. The molecule has 6 heteroatoms. The molecule has 1 atom stereocenters. The van der Waals surface area contributed by atoms with Gasteiger partial charge in [0.15, 0.2) is 0 Å². The third-order valence-electron chi connectivity index (χ3n) is 4.23. The van der Waals surface area contributed by atoms with E-state index in [-0.39, 0.29) is 5.92 Å². The molecule has 1 fully saturated rings. The van der Waals surface area contributed by atoms with Crippen molar-refractivity contribution in [2.75, 3.05) is 5.73 Å². The first-order chi connectivity index (χ1) is 9.99. The van der Waals surface area contributed by atoms with Crippen LogP contribution >= 0.6 is 0 Å². The van der Waals surface area contributed by atoms with Crippen LogP contribution in [0.3, 0.4) is 0 Å². The Labute approximate surface area is 123 Å². The lowest BCUT2D eigenvalue weighted by Gasteiger charge is -2.23. The van der Waals surface area contributed by atoms with Gasteiger partial charge in [-0.25, -0.2) is 4.98 Å². The van der Waals surface area contributed by atoms with E-state index in [1.165, 1.54) is 10.8 Å². The van der Waals surface area contributed by atoms with E-state index in [9.17, 15) is 5.11 Å². The highest BCUT2D eigenvalue weighted by molar-refractivity contribution is 5.57. The number of aryl methyl sites for hydroxylation is 1. The van der Waals surface area contributed by atoms with E-state index < -0.39 is 5.60 Å². The van der Waals surface area contributed by atoms with Gasteiger partial charge in [-0.2, -0.15) is 14.6 Å². The van der Waals surface area contributed by atoms with Crippen molar-refractivity contribution in [1.29, 1.82) is 0 Å². The Balaban J connectivity index is 2.00. The van der Waals surface area contributed by atoms with Crippen molar-refractivity contribution in [3.63, 3.8) is 0 Å². The Morgan fingerprint density at radius 1 is 1.43 bits per heavy atom. The maximum Gasteiger partial charge on any atom is 0.254 e. The van der Waals surface area contributed by atoms with Gasteiger partial charge < -0.3 is 10.8 Å². The highest BCUT2D eigenvalue weighted by Gasteiger charge is 2.32. The van der Waals surface area contributed by atoms with Crippen molar-refractivity contribution in [2.24, 2.45) is 5.92 Å². The predicted molar refractivity (Wildman–Crippen MR) is 79.4 cm³/mol. The minimum absolute atomic E-state index is 0.231. The number of rotatable bonds is 1. The molecule has 0 bridgehead atoms. The fourth-order valence-corrected chi connectivity index (χ4v) is 2.91. The van der Waals surface area contributed by atoms with Gasteiger partial charge in [-0.05, 0) is 32.6 Å². The number of aromatic nitrogens is 4. The van der Waals surface area contributed by atoms with Crippen molar-refractivity contribution >= 4 is 11.6 Å². The second-order valence-electron chi connectivity index (χ2n) is 5.81. The molecular formula is C15H19N5O. The Morgan fingerprint density at radius 3 is 2.86 bits per heavy atom. The highest BCUT2D eigenvalue weighted by atomic mass is 16.3. The summed E-state index contributed by atoms with van der Waals surface area (Å²) in [6.45, 7) is 3.61. The van der Waals surface area contributed by atoms with Gasteiger partial charge in [0.1, 0.15) is 17.7 Å². The molecule has 1 saturated carbocycles. The van der Waals surface area contributed by atoms with Crippen molar-refractivity contribution in [3.05, 3.63) is 17.6 Å². The molecule has 0 amide bonds. The van der Waals surface area contributed by atoms with E-state index in [1.807, 2.05) is 6.92 Å². The Morgan fingerprint density at radius 2 is 2.14 bits per heavy atom. The summed E-state index contributed by atoms with van der Waals surface area (Å²) in [6, 6.07) is 0. The summed E-state index contributed by atoms with van der Waals surface area (Å²) in [5, 5.41) is 14.6. The summed E-state index contributed by atoms with van der Waals surface area (Å²) in [4.78, 5) is 8.34. The average molecular weight is 285 g/mol. The first kappa shape index (κ1) is 13.8. The minimum Gasteiger partial charge on any atom is -0.382 e. The lowest BCUT2D eigenvalue weighted by molar-refractivity contribution is 0.0589. The fraction of sp³-hybridized carbons (Fsp3) is 0.533. The Kier molecular flexibility index (Phi) is 3.30. The molecule has 3 N–H and O–H groups in total. The van der Waals surface area contributed by atoms with Crippen LogP contribution in [-0.4, -0.2) is 30.3 Å². The van der Waals surface area contributed by atoms with E-state index in [2.05, 4.69) is 26.9 Å². The number of nitrogens with zero attached hydrogens (tertiary/aromatic N) is 4. The van der Waals surface area contributed by atoms with Crippen LogP contribution < -0.4 is 5.73 Å². The second-order valence-corrected chi connectivity index (χ2v) is 5.81. The average Bonchev–Trinajstić information content (AvgIpc) is 3.09. The highest BCUT2D eigenvalue weighted by Crippen LogP contribution is 2.33. The van der Waals surface area contributed by atoms with Crippen LogP contribution in [0.5, 0.6) is 0 Å². The van der Waals surface area contributed by atoms with Crippen LogP contribution in [0, 0.1) is 24.7 Å². The van der Waals surface area contributed by atoms with Gasteiger partial charge in [0.2, 0.25) is 0 Å². The molecule has 0 spiro atoms. The zero-order chi connectivity index (χ0) is 15.0. The van der Waals surface area contributed by atoms with E-state index in [0.29, 0.717) is 22.9 Å². The standard InChI is InChI=1S/C15H19N5O/c1-10-12(13(16)20-14(19-10)17-9-18-20)7-8-15(2,21)11-5-3-4-6-11/h9,11,21H,3-6,16H2,1-2H3. The fourth-order valence-electron chi connectivity index (χ4n) is 2.91. The van der Waals surface area contributed by atoms with Crippen LogP contribution in [0.4, 0.5) is 5.82 Å². The molecule has 0 saturated heterocycles. The van der Waals surface area contributed by atoms with Crippen LogP contribution in [0.2, 0.25) is 0 Å². The van der Waals surface area contributed by atoms with Crippen LogP contribution in [0.25, 0.3) is 5.78 Å². The molecule has 3 rings (SSSR count). The molecule has 0 radical (unpaired) electrons. The van der Waals surface area contributed by atoms with Gasteiger partial charge in [-0.15, -0.1) is 0 Å². The molecule has 1 unspecified atom stereocenters. The van der Waals surface area contributed by atoms with Crippen LogP contribution in [0.1, 0.15) is 43.9 Å². The normalized spacial score (nSPS) is 18.4. The van der Waals surface area contributed by atoms with Gasteiger partial charge in [-0.1, -0.05) is 24.7 Å². The summed E-state index contributed by atoms with van der Waals surface area (Å²) >= 11 is 0. The van der Waals surface area contributed by atoms with Crippen molar-refractivity contribution in [3.8, 4) is 11.8 Å². The summed E-state index contributed by atoms with van der Waals surface area (Å²) in [6.07, 6.45) is 5.78. The lowest BCUT2D eigenvalue weighted by atomic mass is 9.88. The van der Waals surface area contributed by atoms with Crippen molar-refractivity contribution < 1.29 is 5.11 Å². The monoisotopic (exact) mass is 285 g/mol. The molecule has 2 heterocycles. The molecular weight excluding hydrogens is 266 g/mol. The van der Waals surface area contributed by atoms with Gasteiger partial charge in [-0.3, -0.25) is 0 Å². The topological polar surface area (TPSA) is 89.3 Å². The summed E-state index contributed by atoms with van der Waals surface area (Å²) in [5.74, 6) is 7.08. The summed E-state index contributed by atoms with van der Waals surface area (Å²) in [7, 11) is 0. The first-order valence-electron chi connectivity index (χ1n) is 7.20. The van der Waals surface area contributed by atoms with E-state index in [4.69, 9.17) is 5.73 Å². The second kappa shape index (κ2) is 5.01. The number of nitrogens with two attached hydrogens (primary N) is 1. The third-order valence-corrected chi connectivity index (χ3v) is 4.23. The maximum atomic E-state index is 10.6. The smallest absolute Gasteiger partial charge is 0.254 e. The Hall–Kier alpha value is -2.13. The molecule has 2 aromatic heterocycles. The van der Waals surface area contributed by atoms with E-state index in [1.54, 1.807) is 6.92 Å². The Bertz CT molecular complexity index is 732. The molecule has 1 aliphatic carbocycles. The number of anilines is 1. The summed E-state index contributed by atoms with van der Waals surface area (Å²) in [5.41, 5.74) is 6.39. The van der Waals surface area contributed by atoms with E-state index in [0.717, 1.165) is 25.7 Å². The molecule has 0 aromatic carbocycles. The van der Waals surface area contributed by atoms with Crippen LogP contribution in [-0.2, 0) is 0 Å². The van der Waals surface area contributed by atoms with Gasteiger partial charge in [0.25, 0.3) is 5.78 Å². The minimum atomic E-state index is -0.993. The largest absolute Gasteiger partial charge is 0.382 e. The number of hydrogen-bond acceptors (Lipinski definition) is 5. The van der Waals surface area contributed by atoms with Gasteiger partial charge >= 0.3 is 0 Å². The van der Waals surface area contributed by atoms with Gasteiger partial charge in [0.05, 0.1) is 11.3 Å². The number of hydrogen-bond donors (Lipinski definition) is 2. The SMILES string of the molecule is Cc1nc2ncnn2c(N)c1C#CC(C)(O)C1CCCC1. The third kappa shape index (κ3) is 2.45. The predicted octanol–water partition coefficient (Wildman–Crippen LogP) is 1.31. The quantitative estimate of drug-likeness (QED) is 0.771. The molecule has 6 nitrogen and oxygen atoms in total. The number of fused-ring (bicyclic) bond motifs is 1. The number of nitrogen functional groups attached to an aromatic ring is 1. The van der Waals surface area contributed by atoms with Crippen molar-refractivity contribution in [1.82, 2.24) is 19.6 Å². The molecule has 0 aliphatic heterocycles. The molecule has 21 heavy (non-hydrogen) atoms. The van der Waals surface area contributed by atoms with Gasteiger partial charge in [0, 0.05) is 0 Å². The van der Waals surface area contributed by atoms with Crippen LogP contribution in [0.15, 0.2) is 6.33 Å². The maximum absolute atomic E-state index is 10.6.